The standard InChI is InChI=1S/C13H18N2O2S/c1-7(16)10-6-18-13(14-10)15-12(17)11-8-4-2-3-5-9(8)11/h6-9,11,16H,2-5H2,1H3,(H,14,15,17). The summed E-state index contributed by atoms with van der Waals surface area (Å²) in [7, 11) is 0. The van der Waals surface area contributed by atoms with Gasteiger partial charge >= 0.3 is 0 Å². The summed E-state index contributed by atoms with van der Waals surface area (Å²) in [4.78, 5) is 16.3. The van der Waals surface area contributed by atoms with Crippen LogP contribution in [0.2, 0.25) is 0 Å². The number of anilines is 1. The van der Waals surface area contributed by atoms with E-state index in [0.717, 1.165) is 0 Å². The number of hydrogen-bond acceptors (Lipinski definition) is 4. The highest BCUT2D eigenvalue weighted by Gasteiger charge is 2.54. The number of aromatic nitrogens is 1. The molecule has 0 saturated heterocycles. The molecule has 1 amide bonds. The number of carbonyl (C=O) groups excluding carboxylic acids is 1. The Hall–Kier alpha value is -0.940. The number of aliphatic hydroxyl groups excluding tert-OH is 1. The van der Waals surface area contributed by atoms with E-state index < -0.39 is 6.10 Å². The third-order valence-electron chi connectivity index (χ3n) is 4.14. The van der Waals surface area contributed by atoms with Gasteiger partial charge in [0.05, 0.1) is 11.8 Å². The first-order valence-electron chi connectivity index (χ1n) is 6.61. The highest BCUT2D eigenvalue weighted by molar-refractivity contribution is 7.13. The minimum Gasteiger partial charge on any atom is -0.387 e. The van der Waals surface area contributed by atoms with Crippen molar-refractivity contribution in [2.24, 2.45) is 17.8 Å². The van der Waals surface area contributed by atoms with Crippen molar-refractivity contribution in [3.63, 3.8) is 0 Å². The Kier molecular flexibility index (Phi) is 3.11. The van der Waals surface area contributed by atoms with Crippen molar-refractivity contribution in [3.05, 3.63) is 11.1 Å². The molecule has 3 atom stereocenters. The zero-order chi connectivity index (χ0) is 12.7. The lowest BCUT2D eigenvalue weighted by molar-refractivity contribution is -0.117. The molecule has 1 heterocycles. The van der Waals surface area contributed by atoms with E-state index in [4.69, 9.17) is 0 Å². The first kappa shape index (κ1) is 12.1. The van der Waals surface area contributed by atoms with Crippen LogP contribution in [0, 0.1) is 17.8 Å². The van der Waals surface area contributed by atoms with Crippen LogP contribution in [-0.2, 0) is 4.79 Å². The molecule has 0 aliphatic heterocycles. The lowest BCUT2D eigenvalue weighted by atomic mass is 10.0. The molecule has 18 heavy (non-hydrogen) atoms. The fourth-order valence-corrected chi connectivity index (χ4v) is 3.91. The molecule has 3 rings (SSSR count). The fourth-order valence-electron chi connectivity index (χ4n) is 3.11. The Bertz CT molecular complexity index is 446. The molecule has 2 saturated carbocycles. The number of aliphatic hydroxyl groups is 1. The van der Waals surface area contributed by atoms with Crippen LogP contribution < -0.4 is 5.32 Å². The topological polar surface area (TPSA) is 62.2 Å². The summed E-state index contributed by atoms with van der Waals surface area (Å²) < 4.78 is 0. The number of nitrogens with zero attached hydrogens (tertiary/aromatic N) is 1. The fraction of sp³-hybridized carbons (Fsp3) is 0.692. The molecule has 4 nitrogen and oxygen atoms in total. The van der Waals surface area contributed by atoms with Gasteiger partial charge < -0.3 is 10.4 Å². The lowest BCUT2D eigenvalue weighted by Gasteiger charge is -2.04. The first-order chi connectivity index (χ1) is 8.66. The molecule has 2 fully saturated rings. The van der Waals surface area contributed by atoms with Crippen molar-refractivity contribution in [1.29, 1.82) is 0 Å². The summed E-state index contributed by atoms with van der Waals surface area (Å²) in [6, 6.07) is 0. The molecular weight excluding hydrogens is 248 g/mol. The molecule has 2 aliphatic rings. The largest absolute Gasteiger partial charge is 0.387 e. The zero-order valence-corrected chi connectivity index (χ0v) is 11.2. The quantitative estimate of drug-likeness (QED) is 0.884. The first-order valence-corrected chi connectivity index (χ1v) is 7.49. The molecule has 98 valence electrons. The summed E-state index contributed by atoms with van der Waals surface area (Å²) >= 11 is 1.38. The Morgan fingerprint density at radius 2 is 2.17 bits per heavy atom. The molecule has 2 N–H and O–H groups in total. The van der Waals surface area contributed by atoms with Gasteiger partial charge in [0.25, 0.3) is 0 Å². The summed E-state index contributed by atoms with van der Waals surface area (Å²) in [6.45, 7) is 1.68. The average Bonchev–Trinajstić information content (AvgIpc) is 2.90. The maximum Gasteiger partial charge on any atom is 0.229 e. The van der Waals surface area contributed by atoms with E-state index in [0.29, 0.717) is 22.7 Å². The maximum atomic E-state index is 12.1. The van der Waals surface area contributed by atoms with Gasteiger partial charge in [0.15, 0.2) is 5.13 Å². The second-order valence-corrected chi connectivity index (χ2v) is 6.24. The molecule has 0 bridgehead atoms. The van der Waals surface area contributed by atoms with Crippen molar-refractivity contribution < 1.29 is 9.90 Å². The molecule has 5 heteroatoms. The number of carbonyl (C=O) groups is 1. The Balaban J connectivity index is 1.61. The van der Waals surface area contributed by atoms with Gasteiger partial charge in [0.2, 0.25) is 5.91 Å². The van der Waals surface area contributed by atoms with Gasteiger partial charge in [0.1, 0.15) is 0 Å². The van der Waals surface area contributed by atoms with Gasteiger partial charge in [-0.1, -0.05) is 12.8 Å². The Morgan fingerprint density at radius 1 is 1.50 bits per heavy atom. The van der Waals surface area contributed by atoms with E-state index in [1.165, 1.54) is 37.0 Å². The van der Waals surface area contributed by atoms with Crippen LogP contribution in [0.1, 0.15) is 44.4 Å². The van der Waals surface area contributed by atoms with Gasteiger partial charge in [0, 0.05) is 11.3 Å². The maximum absolute atomic E-state index is 12.1. The Morgan fingerprint density at radius 3 is 2.72 bits per heavy atom. The average molecular weight is 266 g/mol. The second-order valence-electron chi connectivity index (χ2n) is 5.38. The third kappa shape index (κ3) is 2.17. The van der Waals surface area contributed by atoms with E-state index in [-0.39, 0.29) is 11.8 Å². The van der Waals surface area contributed by atoms with Gasteiger partial charge in [-0.05, 0) is 31.6 Å². The van der Waals surface area contributed by atoms with Gasteiger partial charge in [-0.25, -0.2) is 4.98 Å². The van der Waals surface area contributed by atoms with Crippen molar-refractivity contribution >= 4 is 22.4 Å². The molecule has 0 aromatic carbocycles. The van der Waals surface area contributed by atoms with Crippen LogP contribution in [0.3, 0.4) is 0 Å². The summed E-state index contributed by atoms with van der Waals surface area (Å²) in [5, 5.41) is 14.7. The number of hydrogen-bond donors (Lipinski definition) is 2. The van der Waals surface area contributed by atoms with Gasteiger partial charge in [-0.2, -0.15) is 0 Å². The van der Waals surface area contributed by atoms with E-state index >= 15 is 0 Å². The predicted molar refractivity (Wildman–Crippen MR) is 70.3 cm³/mol. The number of fused-ring (bicyclic) bond motifs is 1. The second kappa shape index (κ2) is 4.63. The van der Waals surface area contributed by atoms with Crippen LogP contribution in [0.4, 0.5) is 5.13 Å². The van der Waals surface area contributed by atoms with Crippen molar-refractivity contribution in [2.45, 2.75) is 38.7 Å². The molecular formula is C13H18N2O2S. The van der Waals surface area contributed by atoms with Crippen LogP contribution in [0.15, 0.2) is 5.38 Å². The highest BCUT2D eigenvalue weighted by atomic mass is 32.1. The molecule has 0 spiro atoms. The van der Waals surface area contributed by atoms with Crippen molar-refractivity contribution in [3.8, 4) is 0 Å². The smallest absolute Gasteiger partial charge is 0.229 e. The number of amides is 1. The molecule has 2 aliphatic carbocycles. The Labute approximate surface area is 110 Å². The van der Waals surface area contributed by atoms with E-state index in [2.05, 4.69) is 10.3 Å². The third-order valence-corrected chi connectivity index (χ3v) is 4.92. The lowest BCUT2D eigenvalue weighted by Crippen LogP contribution is -2.15. The van der Waals surface area contributed by atoms with E-state index in [1.807, 2.05) is 0 Å². The molecule has 1 aromatic heterocycles. The van der Waals surface area contributed by atoms with Crippen molar-refractivity contribution in [2.75, 3.05) is 5.32 Å². The van der Waals surface area contributed by atoms with E-state index in [9.17, 15) is 9.90 Å². The minimum atomic E-state index is -0.574. The van der Waals surface area contributed by atoms with Gasteiger partial charge in [-0.15, -0.1) is 11.3 Å². The number of rotatable bonds is 3. The van der Waals surface area contributed by atoms with Crippen LogP contribution in [-0.4, -0.2) is 16.0 Å². The summed E-state index contributed by atoms with van der Waals surface area (Å²) in [5.74, 6) is 1.58. The normalized spacial score (nSPS) is 31.6. The molecule has 1 aromatic rings. The minimum absolute atomic E-state index is 0.124. The van der Waals surface area contributed by atoms with Crippen LogP contribution in [0.25, 0.3) is 0 Å². The van der Waals surface area contributed by atoms with Crippen LogP contribution in [0.5, 0.6) is 0 Å². The zero-order valence-electron chi connectivity index (χ0n) is 10.4. The number of nitrogens with one attached hydrogen (secondary N) is 1. The van der Waals surface area contributed by atoms with Crippen LogP contribution >= 0.6 is 11.3 Å². The van der Waals surface area contributed by atoms with Crippen molar-refractivity contribution in [1.82, 2.24) is 4.98 Å². The molecule has 0 radical (unpaired) electrons. The number of thiazole rings is 1. The monoisotopic (exact) mass is 266 g/mol. The SMILES string of the molecule is CC(O)c1csc(NC(=O)C2C3CCCCC32)n1. The summed E-state index contributed by atoms with van der Waals surface area (Å²) in [6.07, 6.45) is 4.39. The predicted octanol–water partition coefficient (Wildman–Crippen LogP) is 2.57. The highest BCUT2D eigenvalue weighted by Crippen LogP contribution is 2.55. The molecule has 3 unspecified atom stereocenters. The summed E-state index contributed by atoms with van der Waals surface area (Å²) in [5.41, 5.74) is 0.628. The van der Waals surface area contributed by atoms with E-state index in [1.54, 1.807) is 12.3 Å². The van der Waals surface area contributed by atoms with Gasteiger partial charge in [-0.3, -0.25) is 4.79 Å².